The van der Waals surface area contributed by atoms with Gasteiger partial charge in [0.25, 0.3) is 0 Å². The monoisotopic (exact) mass is 243 g/mol. The average Bonchev–Trinajstić information content (AvgIpc) is 3.01. The molecule has 1 aromatic carbocycles. The number of nitrogens with two attached hydrogens (primary N) is 1. The summed E-state index contributed by atoms with van der Waals surface area (Å²) in [5, 5.41) is 3.73. The van der Waals surface area contributed by atoms with E-state index < -0.39 is 0 Å². The molecular formula is C14H17N3O. The van der Waals surface area contributed by atoms with E-state index in [1.165, 1.54) is 5.56 Å². The summed E-state index contributed by atoms with van der Waals surface area (Å²) in [6.07, 6.45) is 1.68. The zero-order valence-corrected chi connectivity index (χ0v) is 10.2. The van der Waals surface area contributed by atoms with Crippen molar-refractivity contribution < 1.29 is 4.52 Å². The van der Waals surface area contributed by atoms with Crippen LogP contribution >= 0.6 is 0 Å². The summed E-state index contributed by atoms with van der Waals surface area (Å²) in [7, 11) is 0. The molecular weight excluding hydrogens is 226 g/mol. The van der Waals surface area contributed by atoms with Crippen molar-refractivity contribution in [2.75, 3.05) is 13.1 Å². The molecule has 0 radical (unpaired) electrons. The van der Waals surface area contributed by atoms with Crippen LogP contribution in [-0.2, 0) is 6.54 Å². The van der Waals surface area contributed by atoms with Gasteiger partial charge in [-0.05, 0) is 5.56 Å². The molecule has 1 fully saturated rings. The Morgan fingerprint density at radius 1 is 1.22 bits per heavy atom. The Hall–Kier alpha value is -1.65. The molecule has 2 aromatic rings. The van der Waals surface area contributed by atoms with Crippen LogP contribution in [0.3, 0.4) is 0 Å². The Balaban J connectivity index is 1.69. The van der Waals surface area contributed by atoms with Crippen LogP contribution in [0.25, 0.3) is 0 Å². The summed E-state index contributed by atoms with van der Waals surface area (Å²) >= 11 is 0. The molecule has 0 spiro atoms. The standard InChI is InChI=1S/C14H17N3O/c15-14-10-17(8-12-6-7-16-18-12)9-13(14)11-4-2-1-3-5-11/h1-7,13-14H,8-10,15H2. The fraction of sp³-hybridized carbons (Fsp3) is 0.357. The van der Waals surface area contributed by atoms with Gasteiger partial charge in [0.05, 0.1) is 12.7 Å². The van der Waals surface area contributed by atoms with Gasteiger partial charge in [0.1, 0.15) is 0 Å². The predicted octanol–water partition coefficient (Wildman–Crippen LogP) is 1.60. The average molecular weight is 243 g/mol. The van der Waals surface area contributed by atoms with Crippen molar-refractivity contribution in [3.63, 3.8) is 0 Å². The normalized spacial score (nSPS) is 24.5. The van der Waals surface area contributed by atoms with Crippen molar-refractivity contribution in [3.05, 3.63) is 53.9 Å². The van der Waals surface area contributed by atoms with Gasteiger partial charge in [0, 0.05) is 31.1 Å². The number of nitrogens with zero attached hydrogens (tertiary/aromatic N) is 2. The summed E-state index contributed by atoms with van der Waals surface area (Å²) in [6.45, 7) is 2.67. The third-order valence-electron chi connectivity index (χ3n) is 3.54. The van der Waals surface area contributed by atoms with Crippen LogP contribution in [0.15, 0.2) is 47.1 Å². The molecule has 1 aliphatic heterocycles. The zero-order chi connectivity index (χ0) is 12.4. The van der Waals surface area contributed by atoms with Crippen molar-refractivity contribution >= 4 is 0 Å². The van der Waals surface area contributed by atoms with E-state index in [1.54, 1.807) is 6.20 Å². The molecule has 2 N–H and O–H groups in total. The Bertz CT molecular complexity index is 483. The number of benzene rings is 1. The molecule has 1 saturated heterocycles. The van der Waals surface area contributed by atoms with Gasteiger partial charge in [-0.2, -0.15) is 0 Å². The molecule has 94 valence electrons. The van der Waals surface area contributed by atoms with E-state index in [-0.39, 0.29) is 6.04 Å². The number of likely N-dealkylation sites (tertiary alicyclic amines) is 1. The summed E-state index contributed by atoms with van der Waals surface area (Å²) in [5.74, 6) is 1.31. The smallest absolute Gasteiger partial charge is 0.150 e. The van der Waals surface area contributed by atoms with Crippen molar-refractivity contribution in [1.29, 1.82) is 0 Å². The Morgan fingerprint density at radius 2 is 2.06 bits per heavy atom. The second-order valence-corrected chi connectivity index (χ2v) is 4.85. The van der Waals surface area contributed by atoms with E-state index in [4.69, 9.17) is 10.3 Å². The first-order valence-electron chi connectivity index (χ1n) is 6.25. The van der Waals surface area contributed by atoms with E-state index in [0.717, 1.165) is 25.4 Å². The maximum absolute atomic E-state index is 6.24. The third kappa shape index (κ3) is 2.30. The lowest BCUT2D eigenvalue weighted by molar-refractivity contribution is 0.269. The van der Waals surface area contributed by atoms with E-state index in [1.807, 2.05) is 12.1 Å². The van der Waals surface area contributed by atoms with E-state index >= 15 is 0 Å². The van der Waals surface area contributed by atoms with Crippen LogP contribution < -0.4 is 5.73 Å². The zero-order valence-electron chi connectivity index (χ0n) is 10.2. The maximum atomic E-state index is 6.24. The molecule has 18 heavy (non-hydrogen) atoms. The van der Waals surface area contributed by atoms with Gasteiger partial charge in [0.2, 0.25) is 0 Å². The molecule has 2 atom stereocenters. The number of hydrogen-bond donors (Lipinski definition) is 1. The van der Waals surface area contributed by atoms with Crippen LogP contribution in [0.2, 0.25) is 0 Å². The minimum Gasteiger partial charge on any atom is -0.360 e. The van der Waals surface area contributed by atoms with Crippen molar-refractivity contribution in [2.45, 2.75) is 18.5 Å². The molecule has 0 saturated carbocycles. The topological polar surface area (TPSA) is 55.3 Å². The maximum Gasteiger partial charge on any atom is 0.150 e. The van der Waals surface area contributed by atoms with Gasteiger partial charge in [-0.25, -0.2) is 0 Å². The van der Waals surface area contributed by atoms with E-state index in [9.17, 15) is 0 Å². The largest absolute Gasteiger partial charge is 0.360 e. The second kappa shape index (κ2) is 4.92. The van der Waals surface area contributed by atoms with Gasteiger partial charge >= 0.3 is 0 Å². The van der Waals surface area contributed by atoms with Crippen LogP contribution in [-0.4, -0.2) is 29.2 Å². The second-order valence-electron chi connectivity index (χ2n) is 4.85. The van der Waals surface area contributed by atoms with Gasteiger partial charge < -0.3 is 10.3 Å². The third-order valence-corrected chi connectivity index (χ3v) is 3.54. The fourth-order valence-electron chi connectivity index (χ4n) is 2.64. The first-order chi connectivity index (χ1) is 8.83. The van der Waals surface area contributed by atoms with E-state index in [0.29, 0.717) is 5.92 Å². The van der Waals surface area contributed by atoms with Crippen LogP contribution in [0, 0.1) is 0 Å². The molecule has 0 aliphatic carbocycles. The highest BCUT2D eigenvalue weighted by atomic mass is 16.5. The summed E-state index contributed by atoms with van der Waals surface area (Å²) in [5.41, 5.74) is 7.57. The minimum atomic E-state index is 0.190. The summed E-state index contributed by atoms with van der Waals surface area (Å²) in [6, 6.07) is 12.6. The lowest BCUT2D eigenvalue weighted by atomic mass is 9.95. The molecule has 1 aliphatic rings. The molecule has 4 heteroatoms. The van der Waals surface area contributed by atoms with Gasteiger partial charge in [-0.1, -0.05) is 35.5 Å². The lowest BCUT2D eigenvalue weighted by Crippen LogP contribution is -2.28. The van der Waals surface area contributed by atoms with Gasteiger partial charge in [-0.3, -0.25) is 4.90 Å². The van der Waals surface area contributed by atoms with Crippen LogP contribution in [0.1, 0.15) is 17.2 Å². The van der Waals surface area contributed by atoms with Crippen molar-refractivity contribution in [2.24, 2.45) is 5.73 Å². The van der Waals surface area contributed by atoms with Crippen molar-refractivity contribution in [1.82, 2.24) is 10.1 Å². The molecule has 0 bridgehead atoms. The summed E-state index contributed by atoms with van der Waals surface area (Å²) in [4.78, 5) is 2.32. The molecule has 3 rings (SSSR count). The number of hydrogen-bond acceptors (Lipinski definition) is 4. The number of aromatic nitrogens is 1. The van der Waals surface area contributed by atoms with E-state index in [2.05, 4.69) is 34.3 Å². The minimum absolute atomic E-state index is 0.190. The lowest BCUT2D eigenvalue weighted by Gasteiger charge is -2.14. The van der Waals surface area contributed by atoms with Crippen LogP contribution in [0.5, 0.6) is 0 Å². The molecule has 2 unspecified atom stereocenters. The predicted molar refractivity (Wildman–Crippen MR) is 68.9 cm³/mol. The number of rotatable bonds is 3. The Labute approximate surface area is 106 Å². The molecule has 4 nitrogen and oxygen atoms in total. The molecule has 0 amide bonds. The molecule has 1 aromatic heterocycles. The Kier molecular flexibility index (Phi) is 3.13. The fourth-order valence-corrected chi connectivity index (χ4v) is 2.64. The Morgan fingerprint density at radius 3 is 2.78 bits per heavy atom. The first-order valence-corrected chi connectivity index (χ1v) is 6.25. The highest BCUT2D eigenvalue weighted by molar-refractivity contribution is 5.23. The quantitative estimate of drug-likeness (QED) is 0.889. The highest BCUT2D eigenvalue weighted by Gasteiger charge is 2.31. The van der Waals surface area contributed by atoms with Gasteiger partial charge in [-0.15, -0.1) is 0 Å². The summed E-state index contributed by atoms with van der Waals surface area (Å²) < 4.78 is 5.14. The SMILES string of the molecule is NC1CN(Cc2ccno2)CC1c1ccccc1. The van der Waals surface area contributed by atoms with Crippen LogP contribution in [0.4, 0.5) is 0 Å². The first kappa shape index (κ1) is 11.4. The van der Waals surface area contributed by atoms with Crippen molar-refractivity contribution in [3.8, 4) is 0 Å². The van der Waals surface area contributed by atoms with Gasteiger partial charge in [0.15, 0.2) is 5.76 Å². The molecule has 2 heterocycles. The highest BCUT2D eigenvalue weighted by Crippen LogP contribution is 2.27.